The van der Waals surface area contributed by atoms with Crippen LogP contribution in [0.5, 0.6) is 0 Å². The second-order valence-electron chi connectivity index (χ2n) is 6.43. The molecule has 1 aliphatic carbocycles. The number of rotatable bonds is 2. The molecule has 0 spiro atoms. The zero-order valence-electron chi connectivity index (χ0n) is 10.7. The quantitative estimate of drug-likeness (QED) is 0.800. The van der Waals surface area contributed by atoms with Crippen LogP contribution in [0.3, 0.4) is 0 Å². The van der Waals surface area contributed by atoms with Gasteiger partial charge in [0, 0.05) is 0 Å². The lowest BCUT2D eigenvalue weighted by molar-refractivity contribution is 0.104. The highest BCUT2D eigenvalue weighted by atomic mass is 16.3. The van der Waals surface area contributed by atoms with E-state index in [1.54, 1.807) is 0 Å². The van der Waals surface area contributed by atoms with E-state index in [1.165, 1.54) is 5.56 Å². The summed E-state index contributed by atoms with van der Waals surface area (Å²) in [5.74, 6) is 0. The average molecular weight is 218 g/mol. The Bertz CT molecular complexity index is 365. The van der Waals surface area contributed by atoms with Gasteiger partial charge in [-0.05, 0) is 34.8 Å². The van der Waals surface area contributed by atoms with Gasteiger partial charge in [0.2, 0.25) is 0 Å². The maximum atomic E-state index is 10.2. The van der Waals surface area contributed by atoms with Gasteiger partial charge >= 0.3 is 0 Å². The van der Waals surface area contributed by atoms with Crippen molar-refractivity contribution in [2.45, 2.75) is 52.1 Å². The molecule has 0 saturated heterocycles. The molecule has 1 aliphatic rings. The molecular weight excluding hydrogens is 196 g/mol. The predicted molar refractivity (Wildman–Crippen MR) is 67.4 cm³/mol. The molecule has 0 amide bonds. The molecule has 0 bridgehead atoms. The van der Waals surface area contributed by atoms with E-state index < -0.39 is 0 Å². The highest BCUT2D eigenvalue weighted by Crippen LogP contribution is 2.54. The van der Waals surface area contributed by atoms with Crippen molar-refractivity contribution >= 4 is 0 Å². The normalized spacial score (nSPS) is 20.6. The number of aliphatic hydroxyl groups excluding tert-OH is 1. The molecule has 1 fully saturated rings. The molecule has 1 unspecified atom stereocenters. The third-order valence-electron chi connectivity index (χ3n) is 3.79. The van der Waals surface area contributed by atoms with Gasteiger partial charge in [-0.15, -0.1) is 0 Å². The lowest BCUT2D eigenvalue weighted by Gasteiger charge is -2.22. The molecule has 0 heterocycles. The monoisotopic (exact) mass is 218 g/mol. The topological polar surface area (TPSA) is 20.2 Å². The van der Waals surface area contributed by atoms with Crippen LogP contribution in [0.1, 0.15) is 57.8 Å². The van der Waals surface area contributed by atoms with E-state index in [9.17, 15) is 5.11 Å². The summed E-state index contributed by atoms with van der Waals surface area (Å²) in [4.78, 5) is 0. The molecule has 0 aliphatic heterocycles. The molecule has 1 aromatic rings. The summed E-state index contributed by atoms with van der Waals surface area (Å²) in [5.41, 5.74) is 2.72. The molecular formula is C15H22O. The molecule has 1 nitrogen and oxygen atoms in total. The smallest absolute Gasteiger partial charge is 0.0843 e. The van der Waals surface area contributed by atoms with E-state index in [2.05, 4.69) is 52.0 Å². The standard InChI is InChI=1S/C15H22O/c1-14(2,3)12-7-5-11(6-8-12)13(16)15(4)9-10-15/h5-8,13,16H,9-10H2,1-4H3. The second kappa shape index (κ2) is 3.59. The Balaban J connectivity index is 2.19. The van der Waals surface area contributed by atoms with Crippen molar-refractivity contribution in [3.05, 3.63) is 35.4 Å². The minimum atomic E-state index is -0.290. The first kappa shape index (κ1) is 11.7. The Labute approximate surface area is 98.5 Å². The van der Waals surface area contributed by atoms with E-state index >= 15 is 0 Å². The van der Waals surface area contributed by atoms with Crippen molar-refractivity contribution < 1.29 is 5.11 Å². The molecule has 2 rings (SSSR count). The van der Waals surface area contributed by atoms with Crippen LogP contribution in [0, 0.1) is 5.41 Å². The Morgan fingerprint density at radius 2 is 1.62 bits per heavy atom. The van der Waals surface area contributed by atoms with Crippen molar-refractivity contribution in [1.29, 1.82) is 0 Å². The molecule has 0 aromatic heterocycles. The van der Waals surface area contributed by atoms with Gasteiger partial charge in [-0.3, -0.25) is 0 Å². The highest BCUT2D eigenvalue weighted by Gasteiger charge is 2.44. The minimum absolute atomic E-state index is 0.142. The molecule has 1 aromatic carbocycles. The Kier molecular flexibility index (Phi) is 2.62. The summed E-state index contributed by atoms with van der Waals surface area (Å²) in [6.45, 7) is 8.79. The van der Waals surface area contributed by atoms with Crippen LogP contribution >= 0.6 is 0 Å². The van der Waals surface area contributed by atoms with Crippen LogP contribution in [-0.4, -0.2) is 5.11 Å². The van der Waals surface area contributed by atoms with Crippen LogP contribution in [0.25, 0.3) is 0 Å². The van der Waals surface area contributed by atoms with Crippen molar-refractivity contribution in [3.63, 3.8) is 0 Å². The zero-order valence-corrected chi connectivity index (χ0v) is 10.7. The number of hydrogen-bond acceptors (Lipinski definition) is 1. The zero-order chi connectivity index (χ0) is 12.0. The second-order valence-corrected chi connectivity index (χ2v) is 6.43. The molecule has 0 radical (unpaired) electrons. The van der Waals surface area contributed by atoms with Gasteiger partial charge in [0.05, 0.1) is 6.10 Å². The number of benzene rings is 1. The molecule has 1 heteroatoms. The molecule has 88 valence electrons. The summed E-state index contributed by atoms with van der Waals surface area (Å²) >= 11 is 0. The van der Waals surface area contributed by atoms with E-state index in [4.69, 9.17) is 0 Å². The summed E-state index contributed by atoms with van der Waals surface area (Å²) in [7, 11) is 0. The first-order chi connectivity index (χ1) is 7.33. The summed E-state index contributed by atoms with van der Waals surface area (Å²) in [6.07, 6.45) is 2.01. The summed E-state index contributed by atoms with van der Waals surface area (Å²) in [5, 5.41) is 10.2. The van der Waals surface area contributed by atoms with Crippen molar-refractivity contribution in [3.8, 4) is 0 Å². The van der Waals surface area contributed by atoms with E-state index in [0.29, 0.717) is 0 Å². The number of hydrogen-bond donors (Lipinski definition) is 1. The van der Waals surface area contributed by atoms with Gasteiger partial charge in [-0.2, -0.15) is 0 Å². The van der Waals surface area contributed by atoms with E-state index in [0.717, 1.165) is 18.4 Å². The van der Waals surface area contributed by atoms with Crippen LogP contribution in [-0.2, 0) is 5.41 Å². The van der Waals surface area contributed by atoms with Gasteiger partial charge in [0.15, 0.2) is 0 Å². The van der Waals surface area contributed by atoms with E-state index in [-0.39, 0.29) is 16.9 Å². The molecule has 16 heavy (non-hydrogen) atoms. The van der Waals surface area contributed by atoms with Crippen molar-refractivity contribution in [1.82, 2.24) is 0 Å². The third kappa shape index (κ3) is 2.15. The molecule has 1 atom stereocenters. The summed E-state index contributed by atoms with van der Waals surface area (Å²) in [6, 6.07) is 8.44. The van der Waals surface area contributed by atoms with Gasteiger partial charge < -0.3 is 5.11 Å². The predicted octanol–water partition coefficient (Wildman–Crippen LogP) is 3.82. The summed E-state index contributed by atoms with van der Waals surface area (Å²) < 4.78 is 0. The van der Waals surface area contributed by atoms with Crippen LogP contribution in [0.2, 0.25) is 0 Å². The third-order valence-corrected chi connectivity index (χ3v) is 3.79. The molecule has 1 N–H and O–H groups in total. The van der Waals surface area contributed by atoms with Gasteiger partial charge in [-0.25, -0.2) is 0 Å². The lowest BCUT2D eigenvalue weighted by Crippen LogP contribution is -2.13. The van der Waals surface area contributed by atoms with Crippen LogP contribution in [0.15, 0.2) is 24.3 Å². The van der Waals surface area contributed by atoms with E-state index in [1.807, 2.05) is 0 Å². The minimum Gasteiger partial charge on any atom is -0.388 e. The van der Waals surface area contributed by atoms with Crippen LogP contribution < -0.4 is 0 Å². The van der Waals surface area contributed by atoms with Crippen LogP contribution in [0.4, 0.5) is 0 Å². The first-order valence-corrected chi connectivity index (χ1v) is 6.11. The largest absolute Gasteiger partial charge is 0.388 e. The van der Waals surface area contributed by atoms with Gasteiger partial charge in [-0.1, -0.05) is 52.0 Å². The maximum Gasteiger partial charge on any atom is 0.0843 e. The fourth-order valence-electron chi connectivity index (χ4n) is 2.04. The molecule has 1 saturated carbocycles. The van der Waals surface area contributed by atoms with Gasteiger partial charge in [0.1, 0.15) is 0 Å². The SMILES string of the molecule is CC(C)(C)c1ccc(C(O)C2(C)CC2)cc1. The Morgan fingerprint density at radius 1 is 1.12 bits per heavy atom. The fraction of sp³-hybridized carbons (Fsp3) is 0.600. The average Bonchev–Trinajstić information content (AvgIpc) is 2.96. The fourth-order valence-corrected chi connectivity index (χ4v) is 2.04. The first-order valence-electron chi connectivity index (χ1n) is 6.11. The maximum absolute atomic E-state index is 10.2. The Morgan fingerprint density at radius 3 is 2.00 bits per heavy atom. The Hall–Kier alpha value is -0.820. The van der Waals surface area contributed by atoms with Crippen molar-refractivity contribution in [2.75, 3.05) is 0 Å². The van der Waals surface area contributed by atoms with Crippen molar-refractivity contribution in [2.24, 2.45) is 5.41 Å². The van der Waals surface area contributed by atoms with Gasteiger partial charge in [0.25, 0.3) is 0 Å². The highest BCUT2D eigenvalue weighted by molar-refractivity contribution is 5.30. The lowest BCUT2D eigenvalue weighted by atomic mass is 9.85. The number of aliphatic hydroxyl groups is 1.